The maximum absolute atomic E-state index is 10.2. The van der Waals surface area contributed by atoms with Crippen molar-refractivity contribution in [1.29, 1.82) is 0 Å². The normalized spacial score (nSPS) is 11.4. The lowest BCUT2D eigenvalue weighted by molar-refractivity contribution is -0.146. The summed E-state index contributed by atoms with van der Waals surface area (Å²) in [5.74, 6) is -1.23. The Morgan fingerprint density at radius 1 is 1.25 bits per heavy atom. The van der Waals surface area contributed by atoms with Gasteiger partial charge in [0.15, 0.2) is 6.10 Å². The number of carboxylic acids is 1. The molecular formula is C8H11O3P. The SMILES string of the molecule is O=C(O)C(O)c1ccccc1.P. The molecule has 0 fully saturated rings. The highest BCUT2D eigenvalue weighted by Gasteiger charge is 2.14. The van der Waals surface area contributed by atoms with Crippen LogP contribution in [0.2, 0.25) is 0 Å². The molecule has 3 nitrogen and oxygen atoms in total. The standard InChI is InChI=1S/C8H8O3.H3P/c9-7(8(10)11)6-4-2-1-3-5-6;/h1-5,7,9H,(H,10,11);1H3. The van der Waals surface area contributed by atoms with Gasteiger partial charge < -0.3 is 10.2 Å². The molecule has 0 amide bonds. The second-order valence-corrected chi connectivity index (χ2v) is 2.15. The Morgan fingerprint density at radius 2 is 1.75 bits per heavy atom. The first-order valence-corrected chi connectivity index (χ1v) is 3.17. The summed E-state index contributed by atoms with van der Waals surface area (Å²) < 4.78 is 0. The predicted molar refractivity (Wildman–Crippen MR) is 50.1 cm³/mol. The van der Waals surface area contributed by atoms with Crippen molar-refractivity contribution in [3.05, 3.63) is 35.9 Å². The van der Waals surface area contributed by atoms with Crippen LogP contribution in [0.1, 0.15) is 11.7 Å². The monoisotopic (exact) mass is 186 g/mol. The third-order valence-electron chi connectivity index (χ3n) is 1.35. The second kappa shape index (κ2) is 4.86. The molecule has 66 valence electrons. The number of hydrogen-bond donors (Lipinski definition) is 2. The fourth-order valence-corrected chi connectivity index (χ4v) is 0.778. The Balaban J connectivity index is 0.00000121. The lowest BCUT2D eigenvalue weighted by atomic mass is 10.1. The van der Waals surface area contributed by atoms with E-state index in [-0.39, 0.29) is 9.90 Å². The van der Waals surface area contributed by atoms with E-state index in [0.717, 1.165) is 0 Å². The van der Waals surface area contributed by atoms with E-state index in [4.69, 9.17) is 10.2 Å². The highest BCUT2D eigenvalue weighted by atomic mass is 31.0. The fourth-order valence-electron chi connectivity index (χ4n) is 0.778. The van der Waals surface area contributed by atoms with Gasteiger partial charge in [-0.05, 0) is 5.56 Å². The number of aliphatic hydroxyl groups excluding tert-OH is 1. The van der Waals surface area contributed by atoms with Gasteiger partial charge in [0.2, 0.25) is 0 Å². The van der Waals surface area contributed by atoms with E-state index in [1.165, 1.54) is 0 Å². The predicted octanol–water partition coefficient (Wildman–Crippen LogP) is 0.863. The molecule has 0 bridgehead atoms. The molecule has 0 aliphatic carbocycles. The molecule has 1 aromatic carbocycles. The Bertz CT molecular complexity index is 248. The number of rotatable bonds is 2. The van der Waals surface area contributed by atoms with E-state index in [2.05, 4.69) is 0 Å². The van der Waals surface area contributed by atoms with Gasteiger partial charge in [-0.15, -0.1) is 0 Å². The van der Waals surface area contributed by atoms with Crippen molar-refractivity contribution in [2.45, 2.75) is 6.10 Å². The summed E-state index contributed by atoms with van der Waals surface area (Å²) in [7, 11) is 0. The van der Waals surface area contributed by atoms with Crippen LogP contribution in [-0.4, -0.2) is 16.2 Å². The van der Waals surface area contributed by atoms with Crippen LogP contribution in [0.25, 0.3) is 0 Å². The summed E-state index contributed by atoms with van der Waals surface area (Å²) in [5.41, 5.74) is 0.403. The van der Waals surface area contributed by atoms with Gasteiger partial charge in [0.05, 0.1) is 0 Å². The largest absolute Gasteiger partial charge is 0.479 e. The van der Waals surface area contributed by atoms with Gasteiger partial charge in [-0.25, -0.2) is 4.79 Å². The van der Waals surface area contributed by atoms with Gasteiger partial charge in [-0.3, -0.25) is 0 Å². The first kappa shape index (κ1) is 11.1. The number of aliphatic hydroxyl groups is 1. The summed E-state index contributed by atoms with van der Waals surface area (Å²) in [6, 6.07) is 8.26. The molecular weight excluding hydrogens is 175 g/mol. The first-order valence-electron chi connectivity index (χ1n) is 3.17. The van der Waals surface area contributed by atoms with Crippen molar-refractivity contribution in [3.8, 4) is 0 Å². The van der Waals surface area contributed by atoms with Crippen molar-refractivity contribution in [1.82, 2.24) is 0 Å². The molecule has 2 N–H and O–H groups in total. The summed E-state index contributed by atoms with van der Waals surface area (Å²) in [4.78, 5) is 10.2. The minimum Gasteiger partial charge on any atom is -0.479 e. The van der Waals surface area contributed by atoms with Gasteiger partial charge in [0, 0.05) is 0 Å². The average Bonchev–Trinajstić information content (AvgIpc) is 2.05. The molecule has 0 aliphatic heterocycles. The lowest BCUT2D eigenvalue weighted by Crippen LogP contribution is -2.09. The molecule has 0 aliphatic rings. The molecule has 2 atom stereocenters. The zero-order valence-electron chi connectivity index (χ0n) is 6.47. The zero-order valence-corrected chi connectivity index (χ0v) is 7.89. The van der Waals surface area contributed by atoms with Crippen LogP contribution >= 0.6 is 9.90 Å². The summed E-state index contributed by atoms with van der Waals surface area (Å²) in [6.07, 6.45) is -1.41. The first-order chi connectivity index (χ1) is 5.22. The minimum absolute atomic E-state index is 0. The molecule has 1 aromatic rings. The van der Waals surface area contributed by atoms with Crippen LogP contribution < -0.4 is 0 Å². The molecule has 2 unspecified atom stereocenters. The Kier molecular flexibility index (Phi) is 4.49. The Hall–Kier alpha value is -0.920. The van der Waals surface area contributed by atoms with E-state index in [9.17, 15) is 4.79 Å². The number of benzene rings is 1. The summed E-state index contributed by atoms with van der Waals surface area (Å²) in [6.45, 7) is 0. The molecule has 0 saturated carbocycles. The third kappa shape index (κ3) is 2.61. The number of aliphatic carboxylic acids is 1. The highest BCUT2D eigenvalue weighted by Crippen LogP contribution is 2.10. The van der Waals surface area contributed by atoms with E-state index in [0.29, 0.717) is 5.56 Å². The van der Waals surface area contributed by atoms with E-state index in [1.54, 1.807) is 30.3 Å². The highest BCUT2D eigenvalue weighted by molar-refractivity contribution is 6.92. The maximum Gasteiger partial charge on any atom is 0.337 e. The van der Waals surface area contributed by atoms with Crippen LogP contribution in [0.4, 0.5) is 0 Å². The van der Waals surface area contributed by atoms with Crippen LogP contribution in [0.5, 0.6) is 0 Å². The van der Waals surface area contributed by atoms with Crippen molar-refractivity contribution in [3.63, 3.8) is 0 Å². The Labute approximate surface area is 73.7 Å². The van der Waals surface area contributed by atoms with Gasteiger partial charge >= 0.3 is 5.97 Å². The van der Waals surface area contributed by atoms with E-state index in [1.807, 2.05) is 0 Å². The summed E-state index contributed by atoms with van der Waals surface area (Å²) in [5, 5.41) is 17.4. The molecule has 1 rings (SSSR count). The van der Waals surface area contributed by atoms with Crippen LogP contribution in [0, 0.1) is 0 Å². The third-order valence-corrected chi connectivity index (χ3v) is 1.35. The molecule has 0 radical (unpaired) electrons. The maximum atomic E-state index is 10.2. The number of carboxylic acid groups (broad SMARTS) is 1. The van der Waals surface area contributed by atoms with Crippen LogP contribution in [-0.2, 0) is 4.79 Å². The Morgan fingerprint density at radius 3 is 2.17 bits per heavy atom. The smallest absolute Gasteiger partial charge is 0.337 e. The van der Waals surface area contributed by atoms with Gasteiger partial charge in [-0.1, -0.05) is 30.3 Å². The van der Waals surface area contributed by atoms with E-state index < -0.39 is 12.1 Å². The molecule has 0 heterocycles. The van der Waals surface area contributed by atoms with Crippen molar-refractivity contribution >= 4 is 15.9 Å². The van der Waals surface area contributed by atoms with Crippen molar-refractivity contribution in [2.24, 2.45) is 0 Å². The minimum atomic E-state index is -1.41. The van der Waals surface area contributed by atoms with Gasteiger partial charge in [0.1, 0.15) is 0 Å². The quantitative estimate of drug-likeness (QED) is 0.673. The lowest BCUT2D eigenvalue weighted by Gasteiger charge is -2.03. The molecule has 12 heavy (non-hydrogen) atoms. The molecule has 0 spiro atoms. The van der Waals surface area contributed by atoms with Crippen molar-refractivity contribution in [2.75, 3.05) is 0 Å². The number of hydrogen-bond acceptors (Lipinski definition) is 2. The van der Waals surface area contributed by atoms with Gasteiger partial charge in [-0.2, -0.15) is 9.90 Å². The summed E-state index contributed by atoms with van der Waals surface area (Å²) >= 11 is 0. The van der Waals surface area contributed by atoms with Crippen LogP contribution in [0.3, 0.4) is 0 Å². The average molecular weight is 186 g/mol. The molecule has 0 aromatic heterocycles. The molecule has 4 heteroatoms. The second-order valence-electron chi connectivity index (χ2n) is 2.15. The molecule has 0 saturated heterocycles. The van der Waals surface area contributed by atoms with Gasteiger partial charge in [0.25, 0.3) is 0 Å². The fraction of sp³-hybridized carbons (Fsp3) is 0.125. The topological polar surface area (TPSA) is 57.5 Å². The van der Waals surface area contributed by atoms with E-state index >= 15 is 0 Å². The zero-order chi connectivity index (χ0) is 8.27. The van der Waals surface area contributed by atoms with Crippen molar-refractivity contribution < 1.29 is 15.0 Å². The number of carbonyl (C=O) groups is 1. The van der Waals surface area contributed by atoms with Crippen LogP contribution in [0.15, 0.2) is 30.3 Å².